The summed E-state index contributed by atoms with van der Waals surface area (Å²) in [5, 5.41) is 2.98. The van der Waals surface area contributed by atoms with E-state index in [1.54, 1.807) is 12.1 Å². The molecule has 0 bridgehead atoms. The van der Waals surface area contributed by atoms with Gasteiger partial charge in [-0.05, 0) is 38.2 Å². The first-order chi connectivity index (χ1) is 8.97. The molecular weight excluding hydrogens is 377 g/mol. The number of nitrogens with two attached hydrogens (primary N) is 1. The monoisotopic (exact) mass is 399 g/mol. The summed E-state index contributed by atoms with van der Waals surface area (Å²) in [4.78, 5) is 14.4. The van der Waals surface area contributed by atoms with E-state index in [9.17, 15) is 4.79 Å². The third kappa shape index (κ3) is 7.36. The summed E-state index contributed by atoms with van der Waals surface area (Å²) in [7, 11) is 0. The van der Waals surface area contributed by atoms with Crippen molar-refractivity contribution in [1.82, 2.24) is 10.2 Å². The van der Waals surface area contributed by atoms with Crippen LogP contribution in [-0.2, 0) is 0 Å². The number of nitrogen functional groups attached to an aromatic ring is 1. The normalized spacial score (nSPS) is 11.3. The molecule has 0 aliphatic rings. The number of hydrogen-bond acceptors (Lipinski definition) is 3. The Morgan fingerprint density at radius 1 is 1.33 bits per heavy atom. The molecule has 1 rings (SSSR count). The van der Waals surface area contributed by atoms with Crippen LogP contribution in [0.5, 0.6) is 0 Å². The molecule has 0 heterocycles. The second kappa shape index (κ2) is 11.1. The lowest BCUT2D eigenvalue weighted by Crippen LogP contribution is -2.42. The van der Waals surface area contributed by atoms with E-state index < -0.39 is 0 Å². The van der Waals surface area contributed by atoms with Crippen LogP contribution in [-0.4, -0.2) is 36.5 Å². The van der Waals surface area contributed by atoms with Crippen LogP contribution in [0.15, 0.2) is 22.7 Å². The Hall–Kier alpha value is -0.490. The summed E-state index contributed by atoms with van der Waals surface area (Å²) in [5.41, 5.74) is 6.86. The van der Waals surface area contributed by atoms with Gasteiger partial charge >= 0.3 is 0 Å². The molecule has 0 aliphatic heterocycles. The average molecular weight is 401 g/mol. The van der Waals surface area contributed by atoms with Crippen molar-refractivity contribution in [3.8, 4) is 0 Å². The molecular formula is C14H24BrCl2N3O. The lowest BCUT2D eigenvalue weighted by atomic mass is 10.1. The largest absolute Gasteiger partial charge is 0.398 e. The molecule has 0 radical (unpaired) electrons. The zero-order valence-electron chi connectivity index (χ0n) is 12.6. The zero-order valence-corrected chi connectivity index (χ0v) is 15.8. The van der Waals surface area contributed by atoms with Gasteiger partial charge < -0.3 is 16.0 Å². The number of halogens is 3. The minimum absolute atomic E-state index is 0. The number of carbonyl (C=O) groups is 1. The van der Waals surface area contributed by atoms with Crippen LogP contribution in [0.25, 0.3) is 0 Å². The van der Waals surface area contributed by atoms with E-state index in [1.165, 1.54) is 0 Å². The molecule has 0 saturated carbocycles. The van der Waals surface area contributed by atoms with E-state index in [2.05, 4.69) is 40.0 Å². The third-order valence-corrected chi connectivity index (χ3v) is 3.56. The number of rotatable bonds is 6. The van der Waals surface area contributed by atoms with Crippen molar-refractivity contribution in [1.29, 1.82) is 0 Å². The van der Waals surface area contributed by atoms with Crippen molar-refractivity contribution in [3.63, 3.8) is 0 Å². The molecule has 122 valence electrons. The molecule has 3 N–H and O–H groups in total. The molecule has 4 nitrogen and oxygen atoms in total. The van der Waals surface area contributed by atoms with E-state index in [4.69, 9.17) is 5.73 Å². The minimum atomic E-state index is -0.121. The summed E-state index contributed by atoms with van der Waals surface area (Å²) >= 11 is 3.33. The number of carbonyl (C=O) groups excluding carboxylic acids is 1. The fourth-order valence-corrected chi connectivity index (χ4v) is 2.34. The second-order valence-electron chi connectivity index (χ2n) is 4.59. The highest BCUT2D eigenvalue weighted by atomic mass is 79.9. The van der Waals surface area contributed by atoms with Crippen LogP contribution in [0, 0.1) is 0 Å². The van der Waals surface area contributed by atoms with Gasteiger partial charge in [0.25, 0.3) is 5.91 Å². The summed E-state index contributed by atoms with van der Waals surface area (Å²) < 4.78 is 0.873. The van der Waals surface area contributed by atoms with Crippen molar-refractivity contribution < 1.29 is 4.79 Å². The molecule has 0 spiro atoms. The third-order valence-electron chi connectivity index (χ3n) is 3.06. The Kier molecular flexibility index (Phi) is 12.1. The number of nitrogens with zero attached hydrogens (tertiary/aromatic N) is 1. The van der Waals surface area contributed by atoms with Gasteiger partial charge in [-0.3, -0.25) is 4.79 Å². The lowest BCUT2D eigenvalue weighted by molar-refractivity contribution is 0.0931. The Morgan fingerprint density at radius 2 is 1.90 bits per heavy atom. The Labute approximate surface area is 147 Å². The fourth-order valence-electron chi connectivity index (χ4n) is 1.96. The Bertz CT molecular complexity index is 442. The number of nitrogens with one attached hydrogen (secondary N) is 1. The molecule has 0 fully saturated rings. The van der Waals surface area contributed by atoms with Crippen LogP contribution < -0.4 is 11.1 Å². The van der Waals surface area contributed by atoms with Crippen LogP contribution in [0.4, 0.5) is 5.69 Å². The van der Waals surface area contributed by atoms with Gasteiger partial charge in [-0.1, -0.05) is 29.8 Å². The highest BCUT2D eigenvalue weighted by Crippen LogP contribution is 2.18. The van der Waals surface area contributed by atoms with Crippen LogP contribution in [0.1, 0.15) is 31.1 Å². The molecule has 1 atom stereocenters. The first kappa shape index (κ1) is 22.8. The molecule has 0 saturated heterocycles. The first-order valence-electron chi connectivity index (χ1n) is 6.56. The van der Waals surface area contributed by atoms with Crippen molar-refractivity contribution in [3.05, 3.63) is 28.2 Å². The Balaban J connectivity index is 0. The summed E-state index contributed by atoms with van der Waals surface area (Å²) in [6, 6.07) is 5.39. The number of amides is 1. The van der Waals surface area contributed by atoms with Crippen molar-refractivity contribution >= 4 is 52.3 Å². The number of anilines is 1. The van der Waals surface area contributed by atoms with Gasteiger partial charge in [-0.2, -0.15) is 0 Å². The van der Waals surface area contributed by atoms with E-state index in [0.717, 1.165) is 24.1 Å². The zero-order chi connectivity index (χ0) is 14.4. The molecule has 7 heteroatoms. The first-order valence-corrected chi connectivity index (χ1v) is 7.35. The second-order valence-corrected chi connectivity index (χ2v) is 5.51. The van der Waals surface area contributed by atoms with Gasteiger partial charge in [-0.25, -0.2) is 0 Å². The molecule has 1 amide bonds. The van der Waals surface area contributed by atoms with E-state index in [1.807, 2.05) is 13.0 Å². The number of likely N-dealkylation sites (N-methyl/N-ethyl adjacent to an activating group) is 1. The smallest absolute Gasteiger partial charge is 0.253 e. The van der Waals surface area contributed by atoms with Gasteiger partial charge in [0, 0.05) is 22.7 Å². The number of benzene rings is 1. The highest BCUT2D eigenvalue weighted by molar-refractivity contribution is 9.10. The molecule has 1 aromatic carbocycles. The van der Waals surface area contributed by atoms with Crippen LogP contribution >= 0.6 is 40.7 Å². The molecule has 0 aromatic heterocycles. The summed E-state index contributed by atoms with van der Waals surface area (Å²) in [5.74, 6) is -0.121. The van der Waals surface area contributed by atoms with Gasteiger partial charge in [0.2, 0.25) is 0 Å². The SMILES string of the molecule is CCN(CC)CC(C)NC(=O)c1ccc(Br)cc1N.Cl.Cl. The van der Waals surface area contributed by atoms with Crippen LogP contribution in [0.3, 0.4) is 0 Å². The minimum Gasteiger partial charge on any atom is -0.398 e. The predicted octanol–water partition coefficient (Wildman–Crippen LogP) is 3.34. The quantitative estimate of drug-likeness (QED) is 0.720. The maximum absolute atomic E-state index is 12.1. The molecule has 0 aliphatic carbocycles. The molecule has 21 heavy (non-hydrogen) atoms. The maximum atomic E-state index is 12.1. The van der Waals surface area contributed by atoms with E-state index in [-0.39, 0.29) is 36.8 Å². The van der Waals surface area contributed by atoms with Crippen molar-refractivity contribution in [2.24, 2.45) is 0 Å². The van der Waals surface area contributed by atoms with Gasteiger partial charge in [0.1, 0.15) is 0 Å². The van der Waals surface area contributed by atoms with E-state index in [0.29, 0.717) is 11.3 Å². The molecule has 1 aromatic rings. The van der Waals surface area contributed by atoms with Gasteiger partial charge in [0.05, 0.1) is 5.56 Å². The fraction of sp³-hybridized carbons (Fsp3) is 0.500. The maximum Gasteiger partial charge on any atom is 0.253 e. The van der Waals surface area contributed by atoms with Crippen LogP contribution in [0.2, 0.25) is 0 Å². The standard InChI is InChI=1S/C14H22BrN3O.2ClH/c1-4-18(5-2)9-10(3)17-14(19)12-7-6-11(15)8-13(12)16;;/h6-8,10H,4-5,9,16H2,1-3H3,(H,17,19);2*1H. The highest BCUT2D eigenvalue weighted by Gasteiger charge is 2.14. The summed E-state index contributed by atoms with van der Waals surface area (Å²) in [6.07, 6.45) is 0. The predicted molar refractivity (Wildman–Crippen MR) is 97.8 cm³/mol. The van der Waals surface area contributed by atoms with Crippen molar-refractivity contribution in [2.75, 3.05) is 25.4 Å². The van der Waals surface area contributed by atoms with Gasteiger partial charge in [-0.15, -0.1) is 24.8 Å². The molecule has 1 unspecified atom stereocenters. The topological polar surface area (TPSA) is 58.4 Å². The summed E-state index contributed by atoms with van der Waals surface area (Å²) in [6.45, 7) is 9.05. The lowest BCUT2D eigenvalue weighted by Gasteiger charge is -2.23. The average Bonchev–Trinajstić information content (AvgIpc) is 2.35. The number of hydrogen-bond donors (Lipinski definition) is 2. The van der Waals surface area contributed by atoms with Gasteiger partial charge in [0.15, 0.2) is 0 Å². The Morgan fingerprint density at radius 3 is 2.38 bits per heavy atom. The van der Waals surface area contributed by atoms with Crippen molar-refractivity contribution in [2.45, 2.75) is 26.8 Å². The van der Waals surface area contributed by atoms with E-state index >= 15 is 0 Å².